The second-order valence-electron chi connectivity index (χ2n) is 6.23. The zero-order valence-corrected chi connectivity index (χ0v) is 15.7. The molecule has 3 aromatic heterocycles. The van der Waals surface area contributed by atoms with Crippen molar-refractivity contribution >= 4 is 34.4 Å². The van der Waals surface area contributed by atoms with E-state index < -0.39 is 5.97 Å². The Hall–Kier alpha value is -3.52. The van der Waals surface area contributed by atoms with E-state index in [1.54, 1.807) is 18.3 Å². The van der Waals surface area contributed by atoms with Crippen molar-refractivity contribution in [3.05, 3.63) is 70.4 Å². The van der Waals surface area contributed by atoms with Gasteiger partial charge in [0.25, 0.3) is 5.91 Å². The average Bonchev–Trinajstić information content (AvgIpc) is 3.34. The molecule has 0 aliphatic heterocycles. The number of rotatable bonds is 5. The van der Waals surface area contributed by atoms with Crippen LogP contribution < -0.4 is 5.32 Å². The van der Waals surface area contributed by atoms with Crippen molar-refractivity contribution < 1.29 is 14.7 Å². The number of nitrogens with zero attached hydrogens (tertiary/aromatic N) is 2. The Morgan fingerprint density at radius 2 is 2.04 bits per heavy atom. The van der Waals surface area contributed by atoms with Crippen LogP contribution in [0.1, 0.15) is 31.2 Å². The summed E-state index contributed by atoms with van der Waals surface area (Å²) >= 11 is 1.29. The van der Waals surface area contributed by atoms with E-state index >= 15 is 0 Å². The summed E-state index contributed by atoms with van der Waals surface area (Å²) in [7, 11) is 0. The van der Waals surface area contributed by atoms with Crippen molar-refractivity contribution in [3.8, 4) is 10.6 Å². The molecule has 1 amide bonds. The van der Waals surface area contributed by atoms with Gasteiger partial charge in [-0.3, -0.25) is 4.79 Å². The Morgan fingerprint density at radius 3 is 2.82 bits per heavy atom. The number of hydrogen-bond acceptors (Lipinski definition) is 5. The van der Waals surface area contributed by atoms with Gasteiger partial charge < -0.3 is 15.4 Å². The first-order valence-electron chi connectivity index (χ1n) is 8.53. The Morgan fingerprint density at radius 1 is 1.21 bits per heavy atom. The highest BCUT2D eigenvalue weighted by Gasteiger charge is 2.16. The van der Waals surface area contributed by atoms with Crippen molar-refractivity contribution in [2.24, 2.45) is 0 Å². The first kappa shape index (κ1) is 17.9. The minimum Gasteiger partial charge on any atom is -0.478 e. The van der Waals surface area contributed by atoms with Gasteiger partial charge in [0, 0.05) is 12.7 Å². The molecule has 0 aliphatic carbocycles. The third kappa shape index (κ3) is 3.37. The number of carboxylic acid groups (broad SMARTS) is 1. The molecule has 8 heteroatoms. The number of benzene rings is 1. The third-order valence-electron chi connectivity index (χ3n) is 4.39. The molecule has 1 aromatic carbocycles. The lowest BCUT2D eigenvalue weighted by atomic mass is 10.1. The van der Waals surface area contributed by atoms with Crippen LogP contribution in [-0.4, -0.2) is 31.9 Å². The average molecular weight is 392 g/mol. The van der Waals surface area contributed by atoms with Gasteiger partial charge in [-0.2, -0.15) is 0 Å². The highest BCUT2D eigenvalue weighted by Crippen LogP contribution is 2.28. The number of aromatic carboxylic acids is 1. The van der Waals surface area contributed by atoms with Crippen LogP contribution in [0.4, 0.5) is 0 Å². The smallest absolute Gasteiger partial charge is 0.339 e. The van der Waals surface area contributed by atoms with Gasteiger partial charge in [-0.1, -0.05) is 24.3 Å². The summed E-state index contributed by atoms with van der Waals surface area (Å²) in [6, 6.07) is 11.4. The van der Waals surface area contributed by atoms with Gasteiger partial charge in [0.15, 0.2) is 5.65 Å². The molecule has 0 unspecified atom stereocenters. The number of hydrogen-bond donors (Lipinski definition) is 3. The SMILES string of the molecule is Cc1ccccc1CNC(=O)c1ccc(-c2cnc3[nH]cc(C(=O)O)c3n2)s1. The molecule has 0 bridgehead atoms. The molecule has 7 nitrogen and oxygen atoms in total. The number of thiophene rings is 1. The van der Waals surface area contributed by atoms with Crippen molar-refractivity contribution in [1.82, 2.24) is 20.3 Å². The second kappa shape index (κ2) is 7.24. The van der Waals surface area contributed by atoms with Crippen LogP contribution in [0.3, 0.4) is 0 Å². The van der Waals surface area contributed by atoms with Crippen LogP contribution in [0.2, 0.25) is 0 Å². The molecular weight excluding hydrogens is 376 g/mol. The number of aromatic amines is 1. The first-order chi connectivity index (χ1) is 13.5. The number of fused-ring (bicyclic) bond motifs is 1. The van der Waals surface area contributed by atoms with Crippen LogP contribution in [0.25, 0.3) is 21.7 Å². The fourth-order valence-electron chi connectivity index (χ4n) is 2.84. The van der Waals surface area contributed by atoms with E-state index in [9.17, 15) is 14.7 Å². The molecule has 0 saturated carbocycles. The summed E-state index contributed by atoms with van der Waals surface area (Å²) < 4.78 is 0. The molecule has 0 fully saturated rings. The van der Waals surface area contributed by atoms with Gasteiger partial charge >= 0.3 is 5.97 Å². The first-order valence-corrected chi connectivity index (χ1v) is 9.35. The highest BCUT2D eigenvalue weighted by atomic mass is 32.1. The van der Waals surface area contributed by atoms with E-state index in [-0.39, 0.29) is 11.5 Å². The fourth-order valence-corrected chi connectivity index (χ4v) is 3.72. The summed E-state index contributed by atoms with van der Waals surface area (Å²) in [6.07, 6.45) is 2.93. The number of aryl methyl sites for hydroxylation is 1. The topological polar surface area (TPSA) is 108 Å². The number of amides is 1. The Labute approximate surface area is 164 Å². The van der Waals surface area contributed by atoms with E-state index in [1.165, 1.54) is 17.5 Å². The molecule has 4 rings (SSSR count). The number of nitrogens with one attached hydrogen (secondary N) is 2. The molecule has 28 heavy (non-hydrogen) atoms. The van der Waals surface area contributed by atoms with Gasteiger partial charge in [0.1, 0.15) is 11.1 Å². The fraction of sp³-hybridized carbons (Fsp3) is 0.100. The minimum atomic E-state index is -1.07. The number of carbonyl (C=O) groups is 2. The van der Waals surface area contributed by atoms with E-state index in [0.29, 0.717) is 28.3 Å². The largest absolute Gasteiger partial charge is 0.478 e. The zero-order valence-electron chi connectivity index (χ0n) is 14.9. The lowest BCUT2D eigenvalue weighted by molar-refractivity contribution is 0.0698. The number of carboxylic acids is 1. The van der Waals surface area contributed by atoms with Crippen molar-refractivity contribution in [2.75, 3.05) is 0 Å². The maximum atomic E-state index is 12.5. The molecule has 3 heterocycles. The molecular formula is C20H16N4O3S. The molecule has 0 spiro atoms. The lowest BCUT2D eigenvalue weighted by Gasteiger charge is -2.06. The van der Waals surface area contributed by atoms with E-state index in [2.05, 4.69) is 20.3 Å². The number of carbonyl (C=O) groups excluding carboxylic acids is 1. The summed E-state index contributed by atoms with van der Waals surface area (Å²) in [5, 5.41) is 12.2. The van der Waals surface area contributed by atoms with E-state index in [0.717, 1.165) is 16.0 Å². The molecule has 0 atom stereocenters. The van der Waals surface area contributed by atoms with E-state index in [1.807, 2.05) is 31.2 Å². The lowest BCUT2D eigenvalue weighted by Crippen LogP contribution is -2.22. The quantitative estimate of drug-likeness (QED) is 0.481. The Balaban J connectivity index is 1.54. The molecule has 4 aromatic rings. The van der Waals surface area contributed by atoms with Crippen LogP contribution in [0.15, 0.2) is 48.8 Å². The second-order valence-corrected chi connectivity index (χ2v) is 7.32. The Kier molecular flexibility index (Phi) is 4.62. The standard InChI is InChI=1S/C20H16N4O3S/c1-11-4-2-3-5-12(11)8-23-19(25)16-7-6-15(28-16)14-10-22-18-17(24-14)13(9-21-18)20(26)27/h2-7,9-10H,8H2,1H3,(H,21,22)(H,23,25)(H,26,27). The maximum Gasteiger partial charge on any atom is 0.339 e. The number of H-pyrrole nitrogens is 1. The van der Waals surface area contributed by atoms with Crippen molar-refractivity contribution in [2.45, 2.75) is 13.5 Å². The van der Waals surface area contributed by atoms with Crippen LogP contribution in [0.5, 0.6) is 0 Å². The molecule has 3 N–H and O–H groups in total. The minimum absolute atomic E-state index is 0.0668. The molecule has 0 aliphatic rings. The predicted octanol–water partition coefficient (Wildman–Crippen LogP) is 3.62. The third-order valence-corrected chi connectivity index (χ3v) is 5.50. The maximum absolute atomic E-state index is 12.5. The monoisotopic (exact) mass is 392 g/mol. The Bertz CT molecular complexity index is 1200. The van der Waals surface area contributed by atoms with Crippen LogP contribution in [-0.2, 0) is 6.54 Å². The van der Waals surface area contributed by atoms with Gasteiger partial charge in [0.2, 0.25) is 0 Å². The summed E-state index contributed by atoms with van der Waals surface area (Å²) in [4.78, 5) is 36.5. The van der Waals surface area contributed by atoms with Crippen molar-refractivity contribution in [3.63, 3.8) is 0 Å². The highest BCUT2D eigenvalue weighted by molar-refractivity contribution is 7.17. The zero-order chi connectivity index (χ0) is 19.7. The number of aromatic nitrogens is 3. The van der Waals surface area contributed by atoms with Gasteiger partial charge in [-0.15, -0.1) is 11.3 Å². The van der Waals surface area contributed by atoms with Gasteiger partial charge in [-0.05, 0) is 30.2 Å². The van der Waals surface area contributed by atoms with Crippen LogP contribution in [0, 0.1) is 6.92 Å². The van der Waals surface area contributed by atoms with Crippen molar-refractivity contribution in [1.29, 1.82) is 0 Å². The van der Waals surface area contributed by atoms with Crippen LogP contribution >= 0.6 is 11.3 Å². The summed E-state index contributed by atoms with van der Waals surface area (Å²) in [5.74, 6) is -1.23. The predicted molar refractivity (Wildman–Crippen MR) is 107 cm³/mol. The molecule has 140 valence electrons. The molecule has 0 saturated heterocycles. The van der Waals surface area contributed by atoms with Gasteiger partial charge in [-0.25, -0.2) is 14.8 Å². The van der Waals surface area contributed by atoms with E-state index in [4.69, 9.17) is 0 Å². The normalized spacial score (nSPS) is 10.9. The molecule has 0 radical (unpaired) electrons. The van der Waals surface area contributed by atoms with Gasteiger partial charge in [0.05, 0.1) is 21.6 Å². The summed E-state index contributed by atoms with van der Waals surface area (Å²) in [5.41, 5.74) is 3.49. The summed E-state index contributed by atoms with van der Waals surface area (Å²) in [6.45, 7) is 2.46.